The van der Waals surface area contributed by atoms with Gasteiger partial charge >= 0.3 is 0 Å². The molecule has 0 fully saturated rings. The zero-order valence-electron chi connectivity index (χ0n) is 5.92. The van der Waals surface area contributed by atoms with Crippen LogP contribution >= 0.6 is 0 Å². The predicted octanol–water partition coefficient (Wildman–Crippen LogP) is 0.0528. The standard InChI is InChI=1S/C6H8N4O/c1-2-9-11-6(1)3-10-5-7-4-8-10/h2,4-6H,1,3H2. The molecule has 2 heterocycles. The third kappa shape index (κ3) is 1.36. The first-order valence-electron chi connectivity index (χ1n) is 3.45. The molecular weight excluding hydrogens is 144 g/mol. The van der Waals surface area contributed by atoms with Gasteiger partial charge in [-0.3, -0.25) is 0 Å². The second kappa shape index (κ2) is 2.69. The van der Waals surface area contributed by atoms with Crippen molar-refractivity contribution in [2.75, 3.05) is 0 Å². The van der Waals surface area contributed by atoms with Crippen molar-refractivity contribution >= 4 is 6.21 Å². The third-order valence-electron chi connectivity index (χ3n) is 1.51. The highest BCUT2D eigenvalue weighted by atomic mass is 16.6. The summed E-state index contributed by atoms with van der Waals surface area (Å²) in [6.45, 7) is 0.722. The summed E-state index contributed by atoms with van der Waals surface area (Å²) in [6.07, 6.45) is 5.94. The van der Waals surface area contributed by atoms with Gasteiger partial charge in [0.25, 0.3) is 0 Å². The Morgan fingerprint density at radius 2 is 2.64 bits per heavy atom. The first-order valence-corrected chi connectivity index (χ1v) is 3.45. The summed E-state index contributed by atoms with van der Waals surface area (Å²) in [4.78, 5) is 8.83. The van der Waals surface area contributed by atoms with E-state index in [1.54, 1.807) is 17.2 Å². The molecule has 0 saturated heterocycles. The van der Waals surface area contributed by atoms with Crippen LogP contribution in [0.25, 0.3) is 0 Å². The fourth-order valence-corrected chi connectivity index (χ4v) is 0.976. The predicted molar refractivity (Wildman–Crippen MR) is 38.0 cm³/mol. The average Bonchev–Trinajstić information content (AvgIpc) is 2.60. The highest BCUT2D eigenvalue weighted by Crippen LogP contribution is 2.05. The van der Waals surface area contributed by atoms with Gasteiger partial charge in [0, 0.05) is 12.6 Å². The van der Waals surface area contributed by atoms with Crippen LogP contribution in [0.3, 0.4) is 0 Å². The molecule has 0 radical (unpaired) electrons. The molecule has 0 aliphatic carbocycles. The van der Waals surface area contributed by atoms with Crippen molar-refractivity contribution in [1.29, 1.82) is 0 Å². The molecule has 1 aromatic rings. The largest absolute Gasteiger partial charge is 0.390 e. The number of hydrogen-bond donors (Lipinski definition) is 0. The minimum absolute atomic E-state index is 0.136. The van der Waals surface area contributed by atoms with Crippen molar-refractivity contribution in [3.05, 3.63) is 12.7 Å². The maximum Gasteiger partial charge on any atom is 0.152 e. The Bertz CT molecular complexity index is 235. The maximum atomic E-state index is 5.01. The zero-order valence-corrected chi connectivity index (χ0v) is 5.92. The van der Waals surface area contributed by atoms with Gasteiger partial charge in [-0.1, -0.05) is 5.16 Å². The third-order valence-corrected chi connectivity index (χ3v) is 1.51. The van der Waals surface area contributed by atoms with Crippen LogP contribution in [-0.2, 0) is 11.4 Å². The molecule has 1 aliphatic heterocycles. The van der Waals surface area contributed by atoms with E-state index in [0.29, 0.717) is 0 Å². The van der Waals surface area contributed by atoms with E-state index in [2.05, 4.69) is 15.2 Å². The van der Waals surface area contributed by atoms with Crippen molar-refractivity contribution in [3.63, 3.8) is 0 Å². The van der Waals surface area contributed by atoms with Crippen molar-refractivity contribution in [1.82, 2.24) is 14.8 Å². The van der Waals surface area contributed by atoms with E-state index in [4.69, 9.17) is 4.84 Å². The summed E-state index contributed by atoms with van der Waals surface area (Å²) in [5.74, 6) is 0. The van der Waals surface area contributed by atoms with Crippen molar-refractivity contribution in [2.45, 2.75) is 19.1 Å². The first kappa shape index (κ1) is 6.33. The summed E-state index contributed by atoms with van der Waals surface area (Å²) < 4.78 is 1.74. The SMILES string of the molecule is C1=NOC(Cn2cncn2)C1. The van der Waals surface area contributed by atoms with Gasteiger partial charge in [-0.05, 0) is 0 Å². The van der Waals surface area contributed by atoms with E-state index < -0.39 is 0 Å². The number of aromatic nitrogens is 3. The molecule has 1 aromatic heterocycles. The van der Waals surface area contributed by atoms with Crippen LogP contribution in [0.4, 0.5) is 0 Å². The van der Waals surface area contributed by atoms with Gasteiger partial charge in [-0.15, -0.1) is 0 Å². The molecule has 0 bridgehead atoms. The fourth-order valence-electron chi connectivity index (χ4n) is 0.976. The van der Waals surface area contributed by atoms with Gasteiger partial charge < -0.3 is 4.84 Å². The molecule has 1 unspecified atom stereocenters. The van der Waals surface area contributed by atoms with Crippen LogP contribution in [0, 0.1) is 0 Å². The molecule has 0 spiro atoms. The minimum atomic E-state index is 0.136. The first-order chi connectivity index (χ1) is 5.45. The van der Waals surface area contributed by atoms with Gasteiger partial charge in [0.1, 0.15) is 12.7 Å². The lowest BCUT2D eigenvalue weighted by Gasteiger charge is -2.05. The number of nitrogens with zero attached hydrogens (tertiary/aromatic N) is 4. The van der Waals surface area contributed by atoms with Crippen LogP contribution < -0.4 is 0 Å². The molecular formula is C6H8N4O. The maximum absolute atomic E-state index is 5.01. The summed E-state index contributed by atoms with van der Waals surface area (Å²) in [5, 5.41) is 7.61. The van der Waals surface area contributed by atoms with E-state index in [1.807, 2.05) is 0 Å². The Morgan fingerprint density at radius 1 is 1.64 bits per heavy atom. The average molecular weight is 152 g/mol. The van der Waals surface area contributed by atoms with Gasteiger partial charge in [0.15, 0.2) is 6.10 Å². The highest BCUT2D eigenvalue weighted by Gasteiger charge is 2.13. The minimum Gasteiger partial charge on any atom is -0.390 e. The Hall–Kier alpha value is -1.39. The fraction of sp³-hybridized carbons (Fsp3) is 0.500. The van der Waals surface area contributed by atoms with Gasteiger partial charge in [-0.2, -0.15) is 5.10 Å². The number of oxime groups is 1. The van der Waals surface area contributed by atoms with Crippen LogP contribution in [0.5, 0.6) is 0 Å². The Balaban J connectivity index is 1.91. The second-order valence-corrected chi connectivity index (χ2v) is 2.37. The normalized spacial score (nSPS) is 22.0. The monoisotopic (exact) mass is 152 g/mol. The van der Waals surface area contributed by atoms with E-state index >= 15 is 0 Å². The molecule has 0 amide bonds. The summed E-state index contributed by atoms with van der Waals surface area (Å²) in [5.41, 5.74) is 0. The van der Waals surface area contributed by atoms with Crippen LogP contribution in [0.1, 0.15) is 6.42 Å². The van der Waals surface area contributed by atoms with Crippen LogP contribution in [0.2, 0.25) is 0 Å². The highest BCUT2D eigenvalue weighted by molar-refractivity contribution is 5.58. The molecule has 11 heavy (non-hydrogen) atoms. The van der Waals surface area contributed by atoms with Crippen LogP contribution in [0.15, 0.2) is 17.8 Å². The van der Waals surface area contributed by atoms with E-state index in [-0.39, 0.29) is 6.10 Å². The zero-order chi connectivity index (χ0) is 7.52. The number of hydrogen-bond acceptors (Lipinski definition) is 4. The Kier molecular flexibility index (Phi) is 1.55. The molecule has 5 nitrogen and oxygen atoms in total. The molecule has 1 aliphatic rings. The number of rotatable bonds is 2. The lowest BCUT2D eigenvalue weighted by Crippen LogP contribution is -2.15. The van der Waals surface area contributed by atoms with Gasteiger partial charge in [-0.25, -0.2) is 9.67 Å². The molecule has 5 heteroatoms. The van der Waals surface area contributed by atoms with Gasteiger partial charge in [0.05, 0.1) is 6.54 Å². The quantitative estimate of drug-likeness (QED) is 0.601. The van der Waals surface area contributed by atoms with E-state index in [9.17, 15) is 0 Å². The van der Waals surface area contributed by atoms with Gasteiger partial charge in [0.2, 0.25) is 0 Å². The smallest absolute Gasteiger partial charge is 0.152 e. The molecule has 58 valence electrons. The Morgan fingerprint density at radius 3 is 3.27 bits per heavy atom. The van der Waals surface area contributed by atoms with Crippen molar-refractivity contribution in [2.24, 2.45) is 5.16 Å². The van der Waals surface area contributed by atoms with Crippen LogP contribution in [-0.4, -0.2) is 27.1 Å². The summed E-state index contributed by atoms with van der Waals surface area (Å²) >= 11 is 0. The molecule has 1 atom stereocenters. The lowest BCUT2D eigenvalue weighted by atomic mass is 10.3. The second-order valence-electron chi connectivity index (χ2n) is 2.37. The van der Waals surface area contributed by atoms with E-state index in [0.717, 1.165) is 13.0 Å². The van der Waals surface area contributed by atoms with Crippen molar-refractivity contribution < 1.29 is 4.84 Å². The van der Waals surface area contributed by atoms with E-state index in [1.165, 1.54) is 6.33 Å². The molecule has 0 N–H and O–H groups in total. The summed E-state index contributed by atoms with van der Waals surface area (Å²) in [7, 11) is 0. The summed E-state index contributed by atoms with van der Waals surface area (Å²) in [6, 6.07) is 0. The molecule has 0 saturated carbocycles. The molecule has 0 aromatic carbocycles. The van der Waals surface area contributed by atoms with Crippen molar-refractivity contribution in [3.8, 4) is 0 Å². The molecule has 2 rings (SSSR count). The Labute approximate surface area is 63.7 Å². The lowest BCUT2D eigenvalue weighted by molar-refractivity contribution is 0.0697. The topological polar surface area (TPSA) is 52.3 Å².